The van der Waals surface area contributed by atoms with Gasteiger partial charge in [-0.1, -0.05) is 12.1 Å². The molecule has 1 rings (SSSR count). The van der Waals surface area contributed by atoms with Gasteiger partial charge in [0, 0.05) is 6.07 Å². The largest absolute Gasteiger partial charge is 1.00 e. The van der Waals surface area contributed by atoms with Crippen molar-refractivity contribution < 1.29 is 35.9 Å². The molecule has 1 aromatic rings. The summed E-state index contributed by atoms with van der Waals surface area (Å²) in [6.07, 6.45) is 0. The predicted molar refractivity (Wildman–Crippen MR) is 38.6 cm³/mol. The van der Waals surface area contributed by atoms with Crippen LogP contribution in [0.2, 0.25) is 0 Å². The van der Waals surface area contributed by atoms with Crippen molar-refractivity contribution in [2.45, 2.75) is 0 Å². The Morgan fingerprint density at radius 1 is 1.45 bits per heavy atom. The third-order valence-corrected chi connectivity index (χ3v) is 1.13. The quantitative estimate of drug-likeness (QED) is 0.231. The van der Waals surface area contributed by atoms with Crippen LogP contribution < -0.4 is 35.3 Å². The monoisotopic (exact) mass is 162 g/mol. The van der Waals surface area contributed by atoms with Gasteiger partial charge in [-0.3, -0.25) is 10.1 Å². The van der Waals surface area contributed by atoms with Crippen LogP contribution in [0.3, 0.4) is 0 Å². The van der Waals surface area contributed by atoms with Crippen molar-refractivity contribution in [2.24, 2.45) is 0 Å². The second-order valence-corrected chi connectivity index (χ2v) is 1.82. The van der Waals surface area contributed by atoms with E-state index in [9.17, 15) is 10.1 Å². The molecule has 0 aliphatic rings. The van der Waals surface area contributed by atoms with Crippen LogP contribution in [0.25, 0.3) is 0 Å². The van der Waals surface area contributed by atoms with Gasteiger partial charge in [0.1, 0.15) is 5.69 Å². The third-order valence-electron chi connectivity index (χ3n) is 1.13. The number of hydrogen-bond donors (Lipinski definition) is 1. The molecule has 0 bridgehead atoms. The Hall–Kier alpha value is -0.580. The summed E-state index contributed by atoms with van der Waals surface area (Å²) in [5.74, 6) is 0. The molecule has 0 heterocycles. The number of nitro benzene ring substituents is 1. The zero-order chi connectivity index (χ0) is 7.56. The molecule has 0 unspecified atom stereocenters. The molecule has 0 saturated heterocycles. The Bertz CT molecular complexity index is 269. The van der Waals surface area contributed by atoms with E-state index in [-0.39, 0.29) is 42.4 Å². The van der Waals surface area contributed by atoms with E-state index < -0.39 is 4.92 Å². The van der Waals surface area contributed by atoms with Crippen LogP contribution in [0.4, 0.5) is 11.4 Å². The first-order chi connectivity index (χ1) is 4.72. The van der Waals surface area contributed by atoms with E-state index in [0.717, 1.165) is 0 Å². The van der Waals surface area contributed by atoms with E-state index >= 15 is 0 Å². The van der Waals surface area contributed by atoms with Gasteiger partial charge in [-0.15, -0.1) is 0 Å². The summed E-state index contributed by atoms with van der Waals surface area (Å²) in [5.41, 5.74) is 5.44. The molecule has 0 aliphatic carbocycles. The van der Waals surface area contributed by atoms with Crippen LogP contribution >= 0.6 is 0 Å². The number of nitrogen functional groups attached to an aromatic ring is 1. The minimum atomic E-state index is -0.505. The van der Waals surface area contributed by atoms with E-state index in [2.05, 4.69) is 0 Å². The zero-order valence-corrected chi connectivity index (χ0v) is 8.15. The second kappa shape index (κ2) is 4.33. The van der Waals surface area contributed by atoms with Gasteiger partial charge in [-0.05, 0) is 6.07 Å². The van der Waals surface area contributed by atoms with Crippen molar-refractivity contribution in [3.05, 3.63) is 34.4 Å². The third kappa shape index (κ3) is 2.49. The van der Waals surface area contributed by atoms with Gasteiger partial charge in [0.05, 0.1) is 4.92 Å². The van der Waals surface area contributed by atoms with Gasteiger partial charge in [0.2, 0.25) is 0 Å². The summed E-state index contributed by atoms with van der Waals surface area (Å²) >= 11 is 0. The van der Waals surface area contributed by atoms with Crippen LogP contribution in [0.15, 0.2) is 24.3 Å². The Balaban J connectivity index is 0. The molecule has 0 amide bonds. The van der Waals surface area contributed by atoms with Crippen molar-refractivity contribution in [2.75, 3.05) is 5.73 Å². The molecule has 0 fully saturated rings. The van der Waals surface area contributed by atoms with Crippen molar-refractivity contribution in [3.8, 4) is 0 Å². The molecule has 0 saturated carbocycles. The molecule has 5 heteroatoms. The molecule has 2 N–H and O–H groups in total. The van der Waals surface area contributed by atoms with Crippen molar-refractivity contribution >= 4 is 11.4 Å². The van der Waals surface area contributed by atoms with Crippen LogP contribution in [0.1, 0.15) is 1.43 Å². The van der Waals surface area contributed by atoms with E-state index in [4.69, 9.17) is 5.73 Å². The number of nitrogens with zero attached hydrogens (tertiary/aromatic N) is 1. The number of nitro groups is 1. The number of para-hydroxylation sites is 2. The summed E-state index contributed by atoms with van der Waals surface area (Å²) in [6.45, 7) is 0. The molecule has 0 atom stereocenters. The topological polar surface area (TPSA) is 69.2 Å². The van der Waals surface area contributed by atoms with Gasteiger partial charge < -0.3 is 7.16 Å². The fourth-order valence-corrected chi connectivity index (χ4v) is 0.654. The first kappa shape index (κ1) is 10.4. The average molecular weight is 162 g/mol. The number of benzene rings is 1. The molecule has 54 valence electrons. The molecule has 1 aromatic carbocycles. The van der Waals surface area contributed by atoms with E-state index in [0.29, 0.717) is 0 Å². The Morgan fingerprint density at radius 2 is 2.00 bits per heavy atom. The maximum atomic E-state index is 10.1. The standard InChI is InChI=1S/C6H6N2O2.Na.H/c7-5-3-1-2-4-6(5)8(9)10;;/h1-4H,7H2;;/q;+1;-1. The predicted octanol–water partition coefficient (Wildman–Crippen LogP) is -1.71. The summed E-state index contributed by atoms with van der Waals surface area (Å²) < 4.78 is 0. The molecule has 4 nitrogen and oxygen atoms in total. The Labute approximate surface area is 87.3 Å². The van der Waals surface area contributed by atoms with Gasteiger partial charge in [0.15, 0.2) is 0 Å². The first-order valence-corrected chi connectivity index (χ1v) is 2.70. The van der Waals surface area contributed by atoms with Crippen LogP contribution in [-0.2, 0) is 0 Å². The van der Waals surface area contributed by atoms with E-state index in [1.165, 1.54) is 12.1 Å². The van der Waals surface area contributed by atoms with Crippen molar-refractivity contribution in [1.29, 1.82) is 0 Å². The summed E-state index contributed by atoms with van der Waals surface area (Å²) in [7, 11) is 0. The Kier molecular flexibility index (Phi) is 4.10. The van der Waals surface area contributed by atoms with Gasteiger partial charge >= 0.3 is 29.6 Å². The molecular formula is C6H7N2NaO2. The van der Waals surface area contributed by atoms with Crippen LogP contribution in [0, 0.1) is 10.1 Å². The number of anilines is 1. The normalized spacial score (nSPS) is 8.36. The number of hydrogen-bond acceptors (Lipinski definition) is 3. The zero-order valence-electron chi connectivity index (χ0n) is 7.15. The molecule has 11 heavy (non-hydrogen) atoms. The molecule has 0 aliphatic heterocycles. The van der Waals surface area contributed by atoms with E-state index in [1.807, 2.05) is 0 Å². The summed E-state index contributed by atoms with van der Waals surface area (Å²) in [6, 6.07) is 6.10. The first-order valence-electron chi connectivity index (χ1n) is 2.70. The smallest absolute Gasteiger partial charge is 1.00 e. The molecule has 0 radical (unpaired) electrons. The molecular weight excluding hydrogens is 155 g/mol. The molecule has 0 aromatic heterocycles. The fraction of sp³-hybridized carbons (Fsp3) is 0. The SMILES string of the molecule is Nc1ccccc1[N+](=O)[O-].[H-].[Na+]. The maximum Gasteiger partial charge on any atom is 1.00 e. The van der Waals surface area contributed by atoms with Gasteiger partial charge in [-0.2, -0.15) is 0 Å². The average Bonchev–Trinajstić information content (AvgIpc) is 1.88. The van der Waals surface area contributed by atoms with E-state index in [1.54, 1.807) is 12.1 Å². The number of rotatable bonds is 1. The fourth-order valence-electron chi connectivity index (χ4n) is 0.654. The number of nitrogens with two attached hydrogens (primary N) is 1. The Morgan fingerprint density at radius 3 is 2.36 bits per heavy atom. The van der Waals surface area contributed by atoms with Crippen LogP contribution in [0.5, 0.6) is 0 Å². The minimum Gasteiger partial charge on any atom is -1.00 e. The van der Waals surface area contributed by atoms with Crippen molar-refractivity contribution in [3.63, 3.8) is 0 Å². The maximum absolute atomic E-state index is 10.1. The van der Waals surface area contributed by atoms with Crippen molar-refractivity contribution in [1.82, 2.24) is 0 Å². The molecule has 0 spiro atoms. The van der Waals surface area contributed by atoms with Crippen LogP contribution in [-0.4, -0.2) is 4.92 Å². The minimum absolute atomic E-state index is 0. The van der Waals surface area contributed by atoms with Gasteiger partial charge in [-0.25, -0.2) is 0 Å². The summed E-state index contributed by atoms with van der Waals surface area (Å²) in [5, 5.41) is 10.1. The summed E-state index contributed by atoms with van der Waals surface area (Å²) in [4.78, 5) is 9.64. The van der Waals surface area contributed by atoms with Gasteiger partial charge in [0.25, 0.3) is 5.69 Å². The second-order valence-electron chi connectivity index (χ2n) is 1.82.